The minimum absolute atomic E-state index is 0.0931. The zero-order chi connectivity index (χ0) is 11.1. The molecule has 84 valence electrons. The summed E-state index contributed by atoms with van der Waals surface area (Å²) in [6.45, 7) is 3.88. The zero-order valence-corrected chi connectivity index (χ0v) is 9.38. The molecule has 0 aromatic carbocycles. The molecule has 0 radical (unpaired) electrons. The van der Waals surface area contributed by atoms with Crippen LogP contribution in [-0.2, 0) is 4.79 Å². The Morgan fingerprint density at radius 3 is 3.07 bits per heavy atom. The number of amides is 1. The van der Waals surface area contributed by atoms with Crippen LogP contribution in [0.4, 0.5) is 0 Å². The summed E-state index contributed by atoms with van der Waals surface area (Å²) in [7, 11) is 0. The summed E-state index contributed by atoms with van der Waals surface area (Å²) in [4.78, 5) is 11.8. The lowest BCUT2D eigenvalue weighted by atomic mass is 9.98. The van der Waals surface area contributed by atoms with Gasteiger partial charge in [0.2, 0.25) is 5.91 Å². The van der Waals surface area contributed by atoms with Gasteiger partial charge in [-0.25, -0.2) is 0 Å². The van der Waals surface area contributed by atoms with Crippen molar-refractivity contribution in [3.05, 3.63) is 0 Å². The average Bonchev–Trinajstić information content (AvgIpc) is 2.29. The number of nitrogens with one attached hydrogen (secondary N) is 2. The fourth-order valence-corrected chi connectivity index (χ4v) is 1.85. The maximum Gasteiger partial charge on any atom is 0.225 e. The van der Waals surface area contributed by atoms with Crippen LogP contribution in [0.25, 0.3) is 0 Å². The Labute approximate surface area is 92.0 Å². The van der Waals surface area contributed by atoms with Crippen molar-refractivity contribution in [2.45, 2.75) is 38.6 Å². The minimum Gasteiger partial charge on any atom is -0.342 e. The molecular formula is C12H20N2O. The lowest BCUT2D eigenvalue weighted by Crippen LogP contribution is -2.44. The van der Waals surface area contributed by atoms with Gasteiger partial charge in [0.15, 0.2) is 0 Å². The molecule has 0 bridgehead atoms. The summed E-state index contributed by atoms with van der Waals surface area (Å²) < 4.78 is 0. The smallest absolute Gasteiger partial charge is 0.225 e. The van der Waals surface area contributed by atoms with Crippen LogP contribution in [0.5, 0.6) is 0 Å². The van der Waals surface area contributed by atoms with Gasteiger partial charge in [0, 0.05) is 6.54 Å². The predicted octanol–water partition coefficient (Wildman–Crippen LogP) is 0.904. The second kappa shape index (κ2) is 6.47. The summed E-state index contributed by atoms with van der Waals surface area (Å²) >= 11 is 0. The van der Waals surface area contributed by atoms with Crippen molar-refractivity contribution in [1.29, 1.82) is 0 Å². The lowest BCUT2D eigenvalue weighted by molar-refractivity contribution is -0.125. The van der Waals surface area contributed by atoms with Gasteiger partial charge in [-0.3, -0.25) is 4.79 Å². The Bertz CT molecular complexity index is 238. The van der Waals surface area contributed by atoms with Crippen molar-refractivity contribution in [3.8, 4) is 12.3 Å². The van der Waals surface area contributed by atoms with E-state index in [9.17, 15) is 4.79 Å². The molecule has 0 spiro atoms. The van der Waals surface area contributed by atoms with Gasteiger partial charge in [0.05, 0.1) is 12.0 Å². The third kappa shape index (κ3) is 3.93. The van der Waals surface area contributed by atoms with E-state index < -0.39 is 0 Å². The summed E-state index contributed by atoms with van der Waals surface area (Å²) in [6.07, 6.45) is 9.27. The van der Waals surface area contributed by atoms with Crippen molar-refractivity contribution < 1.29 is 4.79 Å². The maximum absolute atomic E-state index is 11.8. The van der Waals surface area contributed by atoms with Crippen molar-refractivity contribution in [1.82, 2.24) is 10.6 Å². The molecule has 3 nitrogen and oxygen atoms in total. The van der Waals surface area contributed by atoms with Crippen LogP contribution >= 0.6 is 0 Å². The van der Waals surface area contributed by atoms with E-state index in [1.807, 2.05) is 0 Å². The summed E-state index contributed by atoms with van der Waals surface area (Å²) in [5.74, 6) is 2.83. The minimum atomic E-state index is -0.0931. The normalized spacial score (nSPS) is 22.8. The van der Waals surface area contributed by atoms with Crippen molar-refractivity contribution in [3.63, 3.8) is 0 Å². The lowest BCUT2D eigenvalue weighted by Gasteiger charge is -2.23. The van der Waals surface area contributed by atoms with Crippen LogP contribution < -0.4 is 10.6 Å². The topological polar surface area (TPSA) is 41.1 Å². The van der Waals surface area contributed by atoms with E-state index in [1.54, 1.807) is 0 Å². The predicted molar refractivity (Wildman–Crippen MR) is 61.3 cm³/mol. The van der Waals surface area contributed by atoms with E-state index in [-0.39, 0.29) is 17.9 Å². The first-order valence-electron chi connectivity index (χ1n) is 5.75. The molecule has 1 aliphatic rings. The van der Waals surface area contributed by atoms with E-state index in [0.29, 0.717) is 0 Å². The van der Waals surface area contributed by atoms with Crippen LogP contribution in [0.3, 0.4) is 0 Å². The van der Waals surface area contributed by atoms with Gasteiger partial charge in [-0.15, -0.1) is 6.42 Å². The first kappa shape index (κ1) is 12.1. The molecule has 2 atom stereocenters. The molecule has 0 saturated carbocycles. The molecule has 1 rings (SSSR count). The molecule has 1 fully saturated rings. The molecular weight excluding hydrogens is 188 g/mol. The summed E-state index contributed by atoms with van der Waals surface area (Å²) in [6, 6.07) is -0.0931. The van der Waals surface area contributed by atoms with Gasteiger partial charge in [-0.1, -0.05) is 19.3 Å². The van der Waals surface area contributed by atoms with E-state index in [1.165, 1.54) is 0 Å². The number of carbonyl (C=O) groups is 1. The molecule has 15 heavy (non-hydrogen) atoms. The fraction of sp³-hybridized carbons (Fsp3) is 0.750. The number of terminal acetylenes is 1. The monoisotopic (exact) mass is 208 g/mol. The molecule has 1 heterocycles. The molecule has 1 aliphatic heterocycles. The highest BCUT2D eigenvalue weighted by Crippen LogP contribution is 2.10. The van der Waals surface area contributed by atoms with Gasteiger partial charge in [-0.2, -0.15) is 0 Å². The Balaban J connectivity index is 2.36. The van der Waals surface area contributed by atoms with Gasteiger partial charge in [0.25, 0.3) is 0 Å². The van der Waals surface area contributed by atoms with Crippen LogP contribution in [0.15, 0.2) is 0 Å². The number of piperidine rings is 1. The number of hydrogen-bond donors (Lipinski definition) is 2. The molecule has 3 heteroatoms. The van der Waals surface area contributed by atoms with E-state index in [4.69, 9.17) is 6.42 Å². The quantitative estimate of drug-likeness (QED) is 0.674. The van der Waals surface area contributed by atoms with Gasteiger partial charge in [-0.05, 0) is 25.8 Å². The summed E-state index contributed by atoms with van der Waals surface area (Å²) in [5, 5.41) is 6.15. The molecule has 1 saturated heterocycles. The molecule has 0 aromatic rings. The van der Waals surface area contributed by atoms with Crippen LogP contribution in [-0.4, -0.2) is 25.0 Å². The van der Waals surface area contributed by atoms with Crippen molar-refractivity contribution in [2.75, 3.05) is 13.1 Å². The number of carbonyl (C=O) groups excluding carboxylic acids is 1. The Hall–Kier alpha value is -1.01. The first-order chi connectivity index (χ1) is 7.27. The number of rotatable bonds is 4. The van der Waals surface area contributed by atoms with Crippen LogP contribution in [0, 0.1) is 18.3 Å². The van der Waals surface area contributed by atoms with E-state index in [0.717, 1.165) is 38.8 Å². The second-order valence-electron chi connectivity index (χ2n) is 4.06. The third-order valence-electron chi connectivity index (χ3n) is 2.76. The Kier molecular flexibility index (Phi) is 5.20. The highest BCUT2D eigenvalue weighted by Gasteiger charge is 2.22. The van der Waals surface area contributed by atoms with Crippen molar-refractivity contribution in [2.24, 2.45) is 5.92 Å². The van der Waals surface area contributed by atoms with E-state index in [2.05, 4.69) is 23.5 Å². The van der Waals surface area contributed by atoms with Gasteiger partial charge >= 0.3 is 0 Å². The average molecular weight is 208 g/mol. The second-order valence-corrected chi connectivity index (χ2v) is 4.06. The highest BCUT2D eigenvalue weighted by atomic mass is 16.1. The standard InChI is InChI=1S/C12H20N2O/c1-3-6-11(4-2)14-12(15)10-7-5-8-13-9-10/h2,10-11,13H,3,5-9H2,1H3,(H,14,15). The van der Waals surface area contributed by atoms with Crippen molar-refractivity contribution >= 4 is 5.91 Å². The third-order valence-corrected chi connectivity index (χ3v) is 2.76. The number of hydrogen-bond acceptors (Lipinski definition) is 2. The molecule has 2 N–H and O–H groups in total. The first-order valence-corrected chi connectivity index (χ1v) is 5.75. The van der Waals surface area contributed by atoms with E-state index >= 15 is 0 Å². The molecule has 0 aromatic heterocycles. The molecule has 0 aliphatic carbocycles. The zero-order valence-electron chi connectivity index (χ0n) is 9.38. The maximum atomic E-state index is 11.8. The highest BCUT2D eigenvalue weighted by molar-refractivity contribution is 5.79. The molecule has 2 unspecified atom stereocenters. The summed E-state index contributed by atoms with van der Waals surface area (Å²) in [5.41, 5.74) is 0. The Morgan fingerprint density at radius 2 is 2.53 bits per heavy atom. The van der Waals surface area contributed by atoms with Gasteiger partial charge < -0.3 is 10.6 Å². The largest absolute Gasteiger partial charge is 0.342 e. The van der Waals surface area contributed by atoms with Crippen LogP contribution in [0.1, 0.15) is 32.6 Å². The Morgan fingerprint density at radius 1 is 1.73 bits per heavy atom. The molecule has 1 amide bonds. The van der Waals surface area contributed by atoms with Gasteiger partial charge in [0.1, 0.15) is 0 Å². The SMILES string of the molecule is C#CC(CCC)NC(=O)C1CCCNC1. The fourth-order valence-electron chi connectivity index (χ4n) is 1.85. The van der Waals surface area contributed by atoms with Crippen LogP contribution in [0.2, 0.25) is 0 Å².